The summed E-state index contributed by atoms with van der Waals surface area (Å²) in [5.41, 5.74) is 8.18. The maximum Gasteiger partial charge on any atom is 0.114 e. The Balaban J connectivity index is 2.00. The van der Waals surface area contributed by atoms with Crippen LogP contribution in [0, 0.1) is 0 Å². The molecule has 2 N–H and O–H groups in total. The van der Waals surface area contributed by atoms with E-state index in [9.17, 15) is 0 Å². The quantitative estimate of drug-likeness (QED) is 0.861. The maximum absolute atomic E-state index is 6.15. The first kappa shape index (κ1) is 12.2. The Morgan fingerprint density at radius 2 is 1.94 bits per heavy atom. The highest BCUT2D eigenvalue weighted by Gasteiger charge is 2.22. The minimum Gasteiger partial charge on any atom is -0.389 e. The van der Waals surface area contributed by atoms with Crippen LogP contribution in [0.3, 0.4) is 0 Å². The average Bonchev–Trinajstić information content (AvgIpc) is 2.99. The Kier molecular flexibility index (Phi) is 3.39. The number of hydrogen-bond donors (Lipinski definition) is 1. The fourth-order valence-electron chi connectivity index (χ4n) is 2.54. The molecule has 1 aliphatic rings. The van der Waals surface area contributed by atoms with Crippen LogP contribution in [0.4, 0.5) is 5.00 Å². The molecule has 1 aromatic heterocycles. The fraction of sp³-hybridized carbons (Fsp3) is 0.357. The summed E-state index contributed by atoms with van der Waals surface area (Å²) < 4.78 is 1.06. The van der Waals surface area contributed by atoms with E-state index in [1.54, 1.807) is 11.3 Å². The predicted octanol–water partition coefficient (Wildman–Crippen LogP) is 4.81. The number of nitrogens with zero attached hydrogens (tertiary/aromatic N) is 1. The van der Waals surface area contributed by atoms with Gasteiger partial charge in [-0.2, -0.15) is 0 Å². The van der Waals surface area contributed by atoms with Crippen molar-refractivity contribution in [1.29, 1.82) is 0 Å². The number of anilines is 1. The molecule has 94 valence electrons. The third-order valence-electron chi connectivity index (χ3n) is 3.50. The molecule has 1 saturated carbocycles. The van der Waals surface area contributed by atoms with Crippen LogP contribution in [0.2, 0.25) is 0 Å². The van der Waals surface area contributed by atoms with E-state index < -0.39 is 0 Å². The van der Waals surface area contributed by atoms with E-state index >= 15 is 0 Å². The van der Waals surface area contributed by atoms with Crippen LogP contribution in [0.5, 0.6) is 0 Å². The third kappa shape index (κ3) is 2.19. The minimum absolute atomic E-state index is 0.633. The van der Waals surface area contributed by atoms with Crippen molar-refractivity contribution in [1.82, 2.24) is 4.98 Å². The van der Waals surface area contributed by atoms with Gasteiger partial charge in [0.05, 0.1) is 5.01 Å². The predicted molar refractivity (Wildman–Crippen MR) is 80.9 cm³/mol. The van der Waals surface area contributed by atoms with Gasteiger partial charge in [0.2, 0.25) is 0 Å². The summed E-state index contributed by atoms with van der Waals surface area (Å²) in [6.07, 6.45) is 5.19. The molecule has 18 heavy (non-hydrogen) atoms. The molecule has 0 atom stereocenters. The highest BCUT2D eigenvalue weighted by Crippen LogP contribution is 2.41. The summed E-state index contributed by atoms with van der Waals surface area (Å²) in [4.78, 5) is 4.79. The van der Waals surface area contributed by atoms with Crippen molar-refractivity contribution in [3.8, 4) is 11.3 Å². The lowest BCUT2D eigenvalue weighted by Gasteiger charge is -2.03. The topological polar surface area (TPSA) is 38.9 Å². The normalized spacial score (nSPS) is 16.3. The number of rotatable bonds is 2. The number of thiazole rings is 1. The SMILES string of the molecule is Nc1sc(C2CCCC2)nc1-c1ccccc1Br. The van der Waals surface area contributed by atoms with Crippen molar-refractivity contribution in [3.63, 3.8) is 0 Å². The van der Waals surface area contributed by atoms with Gasteiger partial charge in [-0.3, -0.25) is 0 Å². The number of halogens is 1. The molecule has 0 amide bonds. The molecule has 1 heterocycles. The van der Waals surface area contributed by atoms with Gasteiger partial charge in [0.1, 0.15) is 10.7 Å². The summed E-state index contributed by atoms with van der Waals surface area (Å²) >= 11 is 5.23. The van der Waals surface area contributed by atoms with E-state index in [0.29, 0.717) is 5.92 Å². The van der Waals surface area contributed by atoms with Crippen molar-refractivity contribution in [3.05, 3.63) is 33.7 Å². The van der Waals surface area contributed by atoms with Crippen molar-refractivity contribution in [2.75, 3.05) is 5.73 Å². The molecular formula is C14H15BrN2S. The summed E-state index contributed by atoms with van der Waals surface area (Å²) in [6, 6.07) is 8.12. The number of nitrogen functional groups attached to an aromatic ring is 1. The van der Waals surface area contributed by atoms with Crippen molar-refractivity contribution in [2.24, 2.45) is 0 Å². The van der Waals surface area contributed by atoms with Crippen LogP contribution < -0.4 is 5.73 Å². The van der Waals surface area contributed by atoms with E-state index in [0.717, 1.165) is 20.7 Å². The van der Waals surface area contributed by atoms with Crippen LogP contribution in [-0.2, 0) is 0 Å². The molecular weight excluding hydrogens is 308 g/mol. The Hall–Kier alpha value is -0.870. The third-order valence-corrected chi connectivity index (χ3v) is 5.24. The van der Waals surface area contributed by atoms with Gasteiger partial charge in [-0.15, -0.1) is 11.3 Å². The van der Waals surface area contributed by atoms with Crippen molar-refractivity contribution < 1.29 is 0 Å². The summed E-state index contributed by atoms with van der Waals surface area (Å²) in [5.74, 6) is 0.633. The second kappa shape index (κ2) is 5.02. The lowest BCUT2D eigenvalue weighted by atomic mass is 10.1. The second-order valence-electron chi connectivity index (χ2n) is 4.73. The van der Waals surface area contributed by atoms with Gasteiger partial charge >= 0.3 is 0 Å². The van der Waals surface area contributed by atoms with E-state index in [-0.39, 0.29) is 0 Å². The monoisotopic (exact) mass is 322 g/mol. The van der Waals surface area contributed by atoms with Crippen molar-refractivity contribution >= 4 is 32.3 Å². The molecule has 1 fully saturated rings. The molecule has 0 aliphatic heterocycles. The zero-order valence-corrected chi connectivity index (χ0v) is 12.4. The molecule has 0 unspecified atom stereocenters. The highest BCUT2D eigenvalue weighted by atomic mass is 79.9. The Morgan fingerprint density at radius 3 is 2.67 bits per heavy atom. The first-order chi connectivity index (χ1) is 8.75. The number of hydrogen-bond acceptors (Lipinski definition) is 3. The summed E-state index contributed by atoms with van der Waals surface area (Å²) in [7, 11) is 0. The lowest BCUT2D eigenvalue weighted by Crippen LogP contribution is -1.91. The van der Waals surface area contributed by atoms with Gasteiger partial charge in [-0.05, 0) is 18.9 Å². The van der Waals surface area contributed by atoms with E-state index in [2.05, 4.69) is 22.0 Å². The second-order valence-corrected chi connectivity index (χ2v) is 6.64. The standard InChI is InChI=1S/C14H15BrN2S/c15-11-8-4-3-7-10(11)12-13(16)18-14(17-12)9-5-1-2-6-9/h3-4,7-9H,1-2,5-6,16H2. The molecule has 1 aromatic carbocycles. The van der Waals surface area contributed by atoms with Crippen molar-refractivity contribution in [2.45, 2.75) is 31.6 Å². The van der Waals surface area contributed by atoms with Crippen LogP contribution >= 0.6 is 27.3 Å². The molecule has 3 rings (SSSR count). The van der Waals surface area contributed by atoms with Gasteiger partial charge in [-0.25, -0.2) is 4.98 Å². The Labute approximate surface area is 119 Å². The average molecular weight is 323 g/mol. The van der Waals surface area contributed by atoms with Gasteiger partial charge in [-0.1, -0.05) is 47.0 Å². The van der Waals surface area contributed by atoms with Gasteiger partial charge in [0, 0.05) is 16.0 Å². The summed E-state index contributed by atoms with van der Waals surface area (Å²) in [5, 5.41) is 2.06. The lowest BCUT2D eigenvalue weighted by molar-refractivity contribution is 0.717. The fourth-order valence-corrected chi connectivity index (χ4v) is 4.03. The van der Waals surface area contributed by atoms with Gasteiger partial charge < -0.3 is 5.73 Å². The Bertz CT molecular complexity index is 559. The first-order valence-corrected chi connectivity index (χ1v) is 7.88. The smallest absolute Gasteiger partial charge is 0.114 e. The van der Waals surface area contributed by atoms with Gasteiger partial charge in [0.25, 0.3) is 0 Å². The van der Waals surface area contributed by atoms with Crippen LogP contribution in [-0.4, -0.2) is 4.98 Å². The Morgan fingerprint density at radius 1 is 1.22 bits per heavy atom. The van der Waals surface area contributed by atoms with Gasteiger partial charge in [0.15, 0.2) is 0 Å². The largest absolute Gasteiger partial charge is 0.389 e. The number of nitrogens with two attached hydrogens (primary N) is 1. The van der Waals surface area contributed by atoms with E-state index in [1.165, 1.54) is 30.7 Å². The molecule has 0 radical (unpaired) electrons. The molecule has 2 nitrogen and oxygen atoms in total. The highest BCUT2D eigenvalue weighted by molar-refractivity contribution is 9.10. The molecule has 0 bridgehead atoms. The minimum atomic E-state index is 0.633. The first-order valence-electron chi connectivity index (χ1n) is 6.27. The number of benzene rings is 1. The van der Waals surface area contributed by atoms with E-state index in [4.69, 9.17) is 10.7 Å². The zero-order valence-electron chi connectivity index (χ0n) is 10.0. The zero-order chi connectivity index (χ0) is 12.5. The maximum atomic E-state index is 6.15. The number of aromatic nitrogens is 1. The van der Waals surface area contributed by atoms with E-state index in [1.807, 2.05) is 18.2 Å². The van der Waals surface area contributed by atoms with Crippen LogP contribution in [0.1, 0.15) is 36.6 Å². The molecule has 0 saturated heterocycles. The van der Waals surface area contributed by atoms with Crippen LogP contribution in [0.15, 0.2) is 28.7 Å². The molecule has 0 spiro atoms. The summed E-state index contributed by atoms with van der Waals surface area (Å²) in [6.45, 7) is 0. The molecule has 2 aromatic rings. The van der Waals surface area contributed by atoms with Crippen LogP contribution in [0.25, 0.3) is 11.3 Å². The molecule has 1 aliphatic carbocycles. The molecule has 4 heteroatoms.